The van der Waals surface area contributed by atoms with Crippen LogP contribution < -0.4 is 5.32 Å². The lowest BCUT2D eigenvalue weighted by Gasteiger charge is -2.46. The Morgan fingerprint density at radius 1 is 0.971 bits per heavy atom. The molecule has 2 aromatic carbocycles. The minimum absolute atomic E-state index is 0.0168. The number of carbonyl (C=O) groups is 2. The maximum absolute atomic E-state index is 14.8. The summed E-state index contributed by atoms with van der Waals surface area (Å²) in [6.45, 7) is 8.81. The molecule has 1 saturated heterocycles. The summed E-state index contributed by atoms with van der Waals surface area (Å²) < 4.78 is 14.8. The summed E-state index contributed by atoms with van der Waals surface area (Å²) in [6, 6.07) is 12.6. The van der Waals surface area contributed by atoms with Gasteiger partial charge in [0.25, 0.3) is 5.91 Å². The molecule has 0 aromatic heterocycles. The molecule has 0 bridgehead atoms. The summed E-state index contributed by atoms with van der Waals surface area (Å²) in [5.41, 5.74) is 2.72. The van der Waals surface area contributed by atoms with Gasteiger partial charge in [-0.3, -0.25) is 9.59 Å². The maximum atomic E-state index is 14.8. The van der Waals surface area contributed by atoms with Crippen molar-refractivity contribution in [3.05, 3.63) is 65.0 Å². The molecule has 2 amide bonds. The number of hydrogen-bond acceptors (Lipinski definition) is 2. The Hall–Kier alpha value is -2.69. The van der Waals surface area contributed by atoms with Crippen molar-refractivity contribution in [2.75, 3.05) is 11.9 Å². The van der Waals surface area contributed by atoms with E-state index in [1.165, 1.54) is 12.5 Å². The van der Waals surface area contributed by atoms with Gasteiger partial charge in [-0.25, -0.2) is 4.39 Å². The molecule has 1 saturated carbocycles. The molecule has 2 atom stereocenters. The molecule has 4 rings (SSSR count). The summed E-state index contributed by atoms with van der Waals surface area (Å²) in [5, 5.41) is 3.16. The van der Waals surface area contributed by atoms with E-state index in [1.54, 1.807) is 19.1 Å². The number of hydrogen-bond donors (Lipinski definition) is 1. The largest absolute Gasteiger partial charge is 0.334 e. The van der Waals surface area contributed by atoms with Crippen molar-refractivity contribution in [3.63, 3.8) is 0 Å². The first-order chi connectivity index (χ1) is 16.7. The van der Waals surface area contributed by atoms with Crippen LogP contribution in [0.15, 0.2) is 42.5 Å². The van der Waals surface area contributed by atoms with Crippen molar-refractivity contribution in [1.29, 1.82) is 0 Å². The van der Waals surface area contributed by atoms with Crippen LogP contribution in [0.4, 0.5) is 10.1 Å². The van der Waals surface area contributed by atoms with E-state index in [-0.39, 0.29) is 40.7 Å². The van der Waals surface area contributed by atoms with Crippen molar-refractivity contribution in [2.45, 2.75) is 84.1 Å². The number of anilines is 1. The predicted octanol–water partition coefficient (Wildman–Crippen LogP) is 6.87. The number of aryl methyl sites for hydroxylation is 1. The number of amides is 2. The number of piperidine rings is 1. The van der Waals surface area contributed by atoms with Crippen molar-refractivity contribution >= 4 is 17.5 Å². The zero-order valence-corrected chi connectivity index (χ0v) is 21.6. The van der Waals surface area contributed by atoms with Gasteiger partial charge in [-0.2, -0.15) is 0 Å². The van der Waals surface area contributed by atoms with Gasteiger partial charge in [0.15, 0.2) is 0 Å². The second-order valence-corrected chi connectivity index (χ2v) is 11.4. The Bertz CT molecular complexity index is 1050. The highest BCUT2D eigenvalue weighted by Gasteiger charge is 2.43. The average molecular weight is 479 g/mol. The van der Waals surface area contributed by atoms with E-state index in [9.17, 15) is 14.0 Å². The Labute approximate surface area is 209 Å². The fourth-order valence-corrected chi connectivity index (χ4v) is 5.95. The van der Waals surface area contributed by atoms with Crippen LogP contribution in [0.3, 0.4) is 0 Å². The molecular weight excluding hydrogens is 439 g/mol. The highest BCUT2D eigenvalue weighted by molar-refractivity contribution is 5.98. The van der Waals surface area contributed by atoms with E-state index in [0.29, 0.717) is 12.1 Å². The lowest BCUT2D eigenvalue weighted by Crippen LogP contribution is -2.55. The number of likely N-dealkylation sites (tertiary alicyclic amines) is 1. The Balaban J connectivity index is 1.64. The smallest absolute Gasteiger partial charge is 0.257 e. The van der Waals surface area contributed by atoms with Crippen molar-refractivity contribution < 1.29 is 14.0 Å². The van der Waals surface area contributed by atoms with Crippen molar-refractivity contribution in [2.24, 2.45) is 11.8 Å². The fourth-order valence-electron chi connectivity index (χ4n) is 5.95. The third kappa shape index (κ3) is 5.60. The van der Waals surface area contributed by atoms with Crippen LogP contribution in [0.2, 0.25) is 0 Å². The van der Waals surface area contributed by atoms with Crippen LogP contribution in [0.25, 0.3) is 0 Å². The number of carbonyl (C=O) groups excluding carboxylic acids is 2. The summed E-state index contributed by atoms with van der Waals surface area (Å²) in [5.74, 6) is -0.835. The van der Waals surface area contributed by atoms with Crippen LogP contribution in [0.5, 0.6) is 0 Å². The van der Waals surface area contributed by atoms with Crippen LogP contribution in [0.1, 0.15) is 87.2 Å². The fraction of sp³-hybridized carbons (Fsp3) is 0.533. The first-order valence-corrected chi connectivity index (χ1v) is 13.1. The Kier molecular flexibility index (Phi) is 7.63. The highest BCUT2D eigenvalue weighted by atomic mass is 19.1. The summed E-state index contributed by atoms with van der Waals surface area (Å²) >= 11 is 0. The van der Waals surface area contributed by atoms with Crippen LogP contribution in [-0.2, 0) is 10.2 Å². The minimum Gasteiger partial charge on any atom is -0.334 e. The lowest BCUT2D eigenvalue weighted by molar-refractivity contribution is -0.124. The Morgan fingerprint density at radius 2 is 1.69 bits per heavy atom. The topological polar surface area (TPSA) is 49.4 Å². The standard InChI is InChI=1S/C30H39FN2O2/c1-20-11-8-17-25(31)26(20)29(35)33-18-10-16-24(27(33)21-12-6-5-7-13-21)28(34)32-23-15-9-14-22(19-23)30(2,3)4/h8-9,11,14-15,17,19,21,24,27H,5-7,10,12-13,16,18H2,1-4H3,(H,32,34)/t24-,27-/m0/s1. The molecule has 0 unspecified atom stereocenters. The molecule has 0 spiro atoms. The number of rotatable bonds is 4. The number of nitrogens with zero attached hydrogens (tertiary/aromatic N) is 1. The van der Waals surface area contributed by atoms with E-state index in [1.807, 2.05) is 23.1 Å². The van der Waals surface area contributed by atoms with Gasteiger partial charge < -0.3 is 10.2 Å². The third-order valence-corrected chi connectivity index (χ3v) is 7.85. The molecular formula is C30H39FN2O2. The molecule has 5 heteroatoms. The van der Waals surface area contributed by atoms with Gasteiger partial charge in [-0.05, 0) is 73.3 Å². The maximum Gasteiger partial charge on any atom is 0.257 e. The highest BCUT2D eigenvalue weighted by Crippen LogP contribution is 2.38. The quantitative estimate of drug-likeness (QED) is 0.521. The molecule has 2 fully saturated rings. The van der Waals surface area contributed by atoms with E-state index in [2.05, 4.69) is 32.2 Å². The van der Waals surface area contributed by atoms with Crippen LogP contribution >= 0.6 is 0 Å². The molecule has 188 valence electrons. The molecule has 4 nitrogen and oxygen atoms in total. The minimum atomic E-state index is -0.483. The lowest BCUT2D eigenvalue weighted by atomic mass is 9.74. The van der Waals surface area contributed by atoms with Gasteiger partial charge in [0, 0.05) is 18.3 Å². The van der Waals surface area contributed by atoms with Crippen molar-refractivity contribution in [3.8, 4) is 0 Å². The SMILES string of the molecule is Cc1cccc(F)c1C(=O)N1CCC[C@H](C(=O)Nc2cccc(C(C)(C)C)c2)[C@@H]1C1CCCCC1. The molecule has 1 heterocycles. The second-order valence-electron chi connectivity index (χ2n) is 11.4. The molecule has 2 aliphatic rings. The number of benzene rings is 2. The molecule has 1 aliphatic heterocycles. The normalized spacial score (nSPS) is 21.6. The zero-order chi connectivity index (χ0) is 25.2. The first-order valence-electron chi connectivity index (χ1n) is 13.1. The monoisotopic (exact) mass is 478 g/mol. The summed E-state index contributed by atoms with van der Waals surface area (Å²) in [6.07, 6.45) is 6.92. The van der Waals surface area contributed by atoms with Crippen LogP contribution in [0, 0.1) is 24.6 Å². The first kappa shape index (κ1) is 25.4. The molecule has 2 aromatic rings. The van der Waals surface area contributed by atoms with E-state index < -0.39 is 5.82 Å². The van der Waals surface area contributed by atoms with Gasteiger partial charge in [-0.15, -0.1) is 0 Å². The van der Waals surface area contributed by atoms with Gasteiger partial charge in [0.1, 0.15) is 5.82 Å². The average Bonchev–Trinajstić information content (AvgIpc) is 2.83. The van der Waals surface area contributed by atoms with Crippen molar-refractivity contribution in [1.82, 2.24) is 4.90 Å². The molecule has 1 aliphatic carbocycles. The number of halogens is 1. The van der Waals surface area contributed by atoms with E-state index >= 15 is 0 Å². The molecule has 1 N–H and O–H groups in total. The second kappa shape index (κ2) is 10.5. The third-order valence-electron chi connectivity index (χ3n) is 7.85. The summed E-state index contributed by atoms with van der Waals surface area (Å²) in [4.78, 5) is 29.3. The van der Waals surface area contributed by atoms with E-state index in [4.69, 9.17) is 0 Å². The number of nitrogens with one attached hydrogen (secondary N) is 1. The van der Waals surface area contributed by atoms with Gasteiger partial charge in [0.2, 0.25) is 5.91 Å². The van der Waals surface area contributed by atoms with Crippen LogP contribution in [-0.4, -0.2) is 29.3 Å². The van der Waals surface area contributed by atoms with E-state index in [0.717, 1.165) is 49.8 Å². The molecule has 35 heavy (non-hydrogen) atoms. The van der Waals surface area contributed by atoms with Gasteiger partial charge in [-0.1, -0.05) is 64.3 Å². The zero-order valence-electron chi connectivity index (χ0n) is 21.6. The van der Waals surface area contributed by atoms with Gasteiger partial charge in [0.05, 0.1) is 11.5 Å². The van der Waals surface area contributed by atoms with Gasteiger partial charge >= 0.3 is 0 Å². The Morgan fingerprint density at radius 3 is 2.37 bits per heavy atom. The molecule has 0 radical (unpaired) electrons. The predicted molar refractivity (Wildman–Crippen MR) is 139 cm³/mol. The summed E-state index contributed by atoms with van der Waals surface area (Å²) in [7, 11) is 0.